The van der Waals surface area contributed by atoms with Crippen molar-refractivity contribution < 1.29 is 9.53 Å². The van der Waals surface area contributed by atoms with Gasteiger partial charge in [0.1, 0.15) is 5.75 Å². The lowest BCUT2D eigenvalue weighted by molar-refractivity contribution is -0.140. The van der Waals surface area contributed by atoms with Crippen LogP contribution in [0.5, 0.6) is 5.75 Å². The Hall–Kier alpha value is -2.11. The fourth-order valence-electron chi connectivity index (χ4n) is 3.19. The molecule has 2 N–H and O–H groups in total. The third-order valence-electron chi connectivity index (χ3n) is 4.71. The molecule has 1 atom stereocenters. The van der Waals surface area contributed by atoms with Gasteiger partial charge in [0.15, 0.2) is 5.60 Å². The summed E-state index contributed by atoms with van der Waals surface area (Å²) in [7, 11) is 0. The molecule has 1 saturated heterocycles. The molecule has 1 fully saturated rings. The molecule has 0 saturated carbocycles. The van der Waals surface area contributed by atoms with E-state index >= 15 is 0 Å². The van der Waals surface area contributed by atoms with Crippen LogP contribution in [0.4, 0.5) is 0 Å². The number of benzene rings is 1. The zero-order valence-electron chi connectivity index (χ0n) is 14.9. The van der Waals surface area contributed by atoms with Crippen LogP contribution in [0.3, 0.4) is 0 Å². The van der Waals surface area contributed by atoms with E-state index in [1.165, 1.54) is 0 Å². The van der Waals surface area contributed by atoms with Crippen molar-refractivity contribution in [1.29, 1.82) is 0 Å². The van der Waals surface area contributed by atoms with Crippen LogP contribution in [0, 0.1) is 0 Å². The van der Waals surface area contributed by atoms with Crippen LogP contribution in [0.25, 0.3) is 0 Å². The molecule has 2 aromatic rings. The molecule has 26 heavy (non-hydrogen) atoms. The number of nitrogens with one attached hydrogen (secondary N) is 2. The number of nitrogens with zero attached hydrogens (tertiary/aromatic N) is 1. The number of ether oxygens (including phenoxy) is 1. The number of amides is 1. The van der Waals surface area contributed by atoms with Gasteiger partial charge in [0.25, 0.3) is 5.91 Å². The van der Waals surface area contributed by atoms with Crippen molar-refractivity contribution in [1.82, 2.24) is 15.6 Å². The Morgan fingerprint density at radius 2 is 2.00 bits per heavy atom. The summed E-state index contributed by atoms with van der Waals surface area (Å²) in [4.78, 5) is 17.6. The smallest absolute Gasteiger partial charge is 0.264 e. The standard InChI is InChI=1S/C20H24ClN3O2/c1-2-17(18-5-3-4-12-23-18)24-19(25)20(10-13-22-14-11-20)26-16-8-6-15(21)7-9-16/h3-9,12,17,22H,2,10-11,13-14H2,1H3,(H,24,25)/t17-/m0/s1. The van der Waals surface area contributed by atoms with E-state index in [-0.39, 0.29) is 11.9 Å². The molecule has 0 aliphatic carbocycles. The van der Waals surface area contributed by atoms with Crippen LogP contribution in [0.15, 0.2) is 48.7 Å². The van der Waals surface area contributed by atoms with Gasteiger partial charge in [-0.2, -0.15) is 0 Å². The highest BCUT2D eigenvalue weighted by atomic mass is 35.5. The van der Waals surface area contributed by atoms with Gasteiger partial charge in [-0.05, 0) is 55.9 Å². The lowest BCUT2D eigenvalue weighted by Crippen LogP contribution is -2.57. The second-order valence-corrected chi connectivity index (χ2v) is 6.93. The summed E-state index contributed by atoms with van der Waals surface area (Å²) in [5, 5.41) is 7.08. The summed E-state index contributed by atoms with van der Waals surface area (Å²) >= 11 is 5.96. The largest absolute Gasteiger partial charge is 0.477 e. The molecule has 1 amide bonds. The highest BCUT2D eigenvalue weighted by Gasteiger charge is 2.42. The van der Waals surface area contributed by atoms with Gasteiger partial charge in [0.05, 0.1) is 11.7 Å². The fraction of sp³-hybridized carbons (Fsp3) is 0.400. The predicted molar refractivity (Wildman–Crippen MR) is 102 cm³/mol. The molecule has 0 radical (unpaired) electrons. The number of hydrogen-bond donors (Lipinski definition) is 2. The number of aromatic nitrogens is 1. The van der Waals surface area contributed by atoms with Crippen LogP contribution >= 0.6 is 11.6 Å². The number of halogens is 1. The first kappa shape index (κ1) is 18.7. The minimum atomic E-state index is -0.888. The topological polar surface area (TPSA) is 63.2 Å². The Morgan fingerprint density at radius 3 is 2.62 bits per heavy atom. The second kappa shape index (κ2) is 8.52. The molecule has 3 rings (SSSR count). The summed E-state index contributed by atoms with van der Waals surface area (Å²) in [6.07, 6.45) is 3.73. The summed E-state index contributed by atoms with van der Waals surface area (Å²) in [5.74, 6) is 0.559. The highest BCUT2D eigenvalue weighted by molar-refractivity contribution is 6.30. The maximum atomic E-state index is 13.2. The number of piperidine rings is 1. The van der Waals surface area contributed by atoms with Crippen molar-refractivity contribution in [2.24, 2.45) is 0 Å². The minimum absolute atomic E-state index is 0.0912. The normalized spacial score (nSPS) is 17.3. The van der Waals surface area contributed by atoms with E-state index in [2.05, 4.69) is 15.6 Å². The van der Waals surface area contributed by atoms with Crippen molar-refractivity contribution in [3.8, 4) is 5.75 Å². The molecule has 0 unspecified atom stereocenters. The molecule has 5 nitrogen and oxygen atoms in total. The summed E-state index contributed by atoms with van der Waals surface area (Å²) in [6.45, 7) is 3.51. The highest BCUT2D eigenvalue weighted by Crippen LogP contribution is 2.29. The molecule has 0 spiro atoms. The molecular formula is C20H24ClN3O2. The number of rotatable bonds is 6. The first-order valence-corrected chi connectivity index (χ1v) is 9.38. The number of carbonyl (C=O) groups is 1. The summed E-state index contributed by atoms with van der Waals surface area (Å²) in [5.41, 5.74) is -0.0275. The third-order valence-corrected chi connectivity index (χ3v) is 4.96. The number of hydrogen-bond acceptors (Lipinski definition) is 4. The Morgan fingerprint density at radius 1 is 1.27 bits per heavy atom. The van der Waals surface area contributed by atoms with E-state index in [9.17, 15) is 4.79 Å². The van der Waals surface area contributed by atoms with E-state index < -0.39 is 5.60 Å². The summed E-state index contributed by atoms with van der Waals surface area (Å²) in [6, 6.07) is 12.7. The van der Waals surface area contributed by atoms with Crippen LogP contribution in [-0.2, 0) is 4.79 Å². The van der Waals surface area contributed by atoms with Crippen molar-refractivity contribution in [2.75, 3.05) is 13.1 Å². The van der Waals surface area contributed by atoms with Gasteiger partial charge in [0, 0.05) is 24.1 Å². The monoisotopic (exact) mass is 373 g/mol. The van der Waals surface area contributed by atoms with Gasteiger partial charge in [-0.3, -0.25) is 9.78 Å². The molecule has 1 aromatic carbocycles. The van der Waals surface area contributed by atoms with Gasteiger partial charge < -0.3 is 15.4 Å². The number of pyridine rings is 1. The van der Waals surface area contributed by atoms with Crippen molar-refractivity contribution >= 4 is 17.5 Å². The average Bonchev–Trinajstić information content (AvgIpc) is 2.69. The van der Waals surface area contributed by atoms with E-state index in [4.69, 9.17) is 16.3 Å². The van der Waals surface area contributed by atoms with Gasteiger partial charge >= 0.3 is 0 Å². The minimum Gasteiger partial charge on any atom is -0.477 e. The molecule has 138 valence electrons. The van der Waals surface area contributed by atoms with Gasteiger partial charge in [-0.15, -0.1) is 0 Å². The Balaban J connectivity index is 1.79. The van der Waals surface area contributed by atoms with E-state index in [1.54, 1.807) is 30.5 Å². The second-order valence-electron chi connectivity index (χ2n) is 6.49. The zero-order valence-corrected chi connectivity index (χ0v) is 15.6. The fourth-order valence-corrected chi connectivity index (χ4v) is 3.32. The van der Waals surface area contributed by atoms with E-state index in [0.29, 0.717) is 23.6 Å². The maximum Gasteiger partial charge on any atom is 0.264 e. The Kier molecular flexibility index (Phi) is 6.12. The lowest BCUT2D eigenvalue weighted by Gasteiger charge is -2.37. The SMILES string of the molecule is CC[C@H](NC(=O)C1(Oc2ccc(Cl)cc2)CCNCC1)c1ccccn1. The van der Waals surface area contributed by atoms with Gasteiger partial charge in [0.2, 0.25) is 0 Å². The van der Waals surface area contributed by atoms with Crippen molar-refractivity contribution in [3.63, 3.8) is 0 Å². The van der Waals surface area contributed by atoms with Crippen LogP contribution in [-0.4, -0.2) is 29.6 Å². The maximum absolute atomic E-state index is 13.2. The number of carbonyl (C=O) groups excluding carboxylic acids is 1. The molecule has 1 aliphatic heterocycles. The molecule has 2 heterocycles. The predicted octanol–water partition coefficient (Wildman–Crippen LogP) is 3.50. The average molecular weight is 374 g/mol. The first-order valence-electron chi connectivity index (χ1n) is 9.00. The molecular weight excluding hydrogens is 350 g/mol. The Bertz CT molecular complexity index is 716. The van der Waals surface area contributed by atoms with E-state index in [0.717, 1.165) is 25.2 Å². The molecule has 1 aromatic heterocycles. The quantitative estimate of drug-likeness (QED) is 0.813. The van der Waals surface area contributed by atoms with Crippen LogP contribution in [0.1, 0.15) is 37.9 Å². The molecule has 6 heteroatoms. The van der Waals surface area contributed by atoms with Crippen LogP contribution < -0.4 is 15.4 Å². The first-order chi connectivity index (χ1) is 12.6. The molecule has 0 bridgehead atoms. The summed E-state index contributed by atoms with van der Waals surface area (Å²) < 4.78 is 6.21. The van der Waals surface area contributed by atoms with E-state index in [1.807, 2.05) is 25.1 Å². The van der Waals surface area contributed by atoms with Crippen molar-refractivity contribution in [3.05, 3.63) is 59.4 Å². The van der Waals surface area contributed by atoms with Crippen LogP contribution in [0.2, 0.25) is 5.02 Å². The third kappa shape index (κ3) is 4.34. The Labute approximate surface area is 159 Å². The van der Waals surface area contributed by atoms with Gasteiger partial charge in [-0.1, -0.05) is 24.6 Å². The van der Waals surface area contributed by atoms with Crippen molar-refractivity contribution in [2.45, 2.75) is 37.8 Å². The zero-order chi connectivity index (χ0) is 18.4. The molecule has 1 aliphatic rings. The van der Waals surface area contributed by atoms with Gasteiger partial charge in [-0.25, -0.2) is 0 Å². The lowest BCUT2D eigenvalue weighted by atomic mass is 9.90.